The number of benzene rings is 1. The van der Waals surface area contributed by atoms with E-state index in [4.69, 9.17) is 5.73 Å². The number of rotatable bonds is 5. The third-order valence-corrected chi connectivity index (χ3v) is 2.77. The Balaban J connectivity index is 1.80. The molecule has 0 radical (unpaired) electrons. The maximum atomic E-state index is 11.9. The van der Waals surface area contributed by atoms with Gasteiger partial charge in [-0.15, -0.1) is 0 Å². The van der Waals surface area contributed by atoms with E-state index in [0.29, 0.717) is 17.8 Å². The van der Waals surface area contributed by atoms with Gasteiger partial charge in [0.05, 0.1) is 0 Å². The molecule has 0 fully saturated rings. The lowest BCUT2D eigenvalue weighted by molar-refractivity contribution is 0.0952. The second kappa shape index (κ2) is 6.04. The Morgan fingerprint density at radius 2 is 2.26 bits per heavy atom. The van der Waals surface area contributed by atoms with Gasteiger partial charge in [-0.3, -0.25) is 9.48 Å². The first-order valence-electron chi connectivity index (χ1n) is 6.28. The maximum Gasteiger partial charge on any atom is 0.251 e. The van der Waals surface area contributed by atoms with Crippen molar-refractivity contribution in [1.29, 1.82) is 0 Å². The Morgan fingerprint density at radius 3 is 2.95 bits per heavy atom. The van der Waals surface area contributed by atoms with Crippen molar-refractivity contribution in [2.75, 3.05) is 12.3 Å². The Labute approximate surface area is 112 Å². The van der Waals surface area contributed by atoms with Gasteiger partial charge >= 0.3 is 0 Å². The molecule has 0 saturated heterocycles. The average Bonchev–Trinajstić information content (AvgIpc) is 2.86. The SMILES string of the molecule is Cc1cc(N)cc(C(=O)NCCCn2cccn2)c1. The molecule has 100 valence electrons. The van der Waals surface area contributed by atoms with Crippen molar-refractivity contribution in [3.8, 4) is 0 Å². The number of anilines is 1. The predicted molar refractivity (Wildman–Crippen MR) is 74.8 cm³/mol. The monoisotopic (exact) mass is 258 g/mol. The quantitative estimate of drug-likeness (QED) is 0.632. The molecule has 1 heterocycles. The second-order valence-electron chi connectivity index (χ2n) is 4.51. The lowest BCUT2D eigenvalue weighted by Crippen LogP contribution is -2.25. The highest BCUT2D eigenvalue weighted by molar-refractivity contribution is 5.95. The molecule has 0 saturated carbocycles. The van der Waals surface area contributed by atoms with E-state index < -0.39 is 0 Å². The van der Waals surface area contributed by atoms with Crippen LogP contribution in [-0.4, -0.2) is 22.2 Å². The molecular formula is C14H18N4O. The number of nitrogens with two attached hydrogens (primary N) is 1. The second-order valence-corrected chi connectivity index (χ2v) is 4.51. The Kier molecular flexibility index (Phi) is 4.18. The molecule has 0 aliphatic carbocycles. The zero-order valence-electron chi connectivity index (χ0n) is 11.0. The molecule has 1 aromatic heterocycles. The standard InChI is InChI=1S/C14H18N4O/c1-11-8-12(10-13(15)9-11)14(19)16-4-2-6-18-7-3-5-17-18/h3,5,7-10H,2,4,6,15H2,1H3,(H,16,19). The molecule has 3 N–H and O–H groups in total. The smallest absolute Gasteiger partial charge is 0.251 e. The van der Waals surface area contributed by atoms with Gasteiger partial charge in [0.15, 0.2) is 0 Å². The molecule has 19 heavy (non-hydrogen) atoms. The Morgan fingerprint density at radius 1 is 1.42 bits per heavy atom. The number of amides is 1. The van der Waals surface area contributed by atoms with Crippen LogP contribution in [0.15, 0.2) is 36.7 Å². The molecule has 0 aliphatic rings. The highest BCUT2D eigenvalue weighted by atomic mass is 16.1. The van der Waals surface area contributed by atoms with Crippen molar-refractivity contribution >= 4 is 11.6 Å². The minimum atomic E-state index is -0.0872. The van der Waals surface area contributed by atoms with Gasteiger partial charge in [0.25, 0.3) is 5.91 Å². The normalized spacial score (nSPS) is 10.4. The van der Waals surface area contributed by atoms with Gasteiger partial charge in [-0.1, -0.05) is 0 Å². The number of hydrogen-bond acceptors (Lipinski definition) is 3. The van der Waals surface area contributed by atoms with Gasteiger partial charge in [-0.25, -0.2) is 0 Å². The van der Waals surface area contributed by atoms with Gasteiger partial charge in [0.2, 0.25) is 0 Å². The Hall–Kier alpha value is -2.30. The number of nitrogens with one attached hydrogen (secondary N) is 1. The summed E-state index contributed by atoms with van der Waals surface area (Å²) in [5.74, 6) is -0.0872. The molecule has 0 spiro atoms. The van der Waals surface area contributed by atoms with Gasteiger partial charge in [-0.05, 0) is 43.2 Å². The number of nitrogen functional groups attached to an aromatic ring is 1. The van der Waals surface area contributed by atoms with Crippen LogP contribution in [0.2, 0.25) is 0 Å². The minimum Gasteiger partial charge on any atom is -0.399 e. The summed E-state index contributed by atoms with van der Waals surface area (Å²) in [6, 6.07) is 7.25. The van der Waals surface area contributed by atoms with Gasteiger partial charge in [0.1, 0.15) is 0 Å². The lowest BCUT2D eigenvalue weighted by Gasteiger charge is -2.07. The number of carbonyl (C=O) groups is 1. The lowest BCUT2D eigenvalue weighted by atomic mass is 10.1. The Bertz CT molecular complexity index is 528. The molecule has 5 nitrogen and oxygen atoms in total. The van der Waals surface area contributed by atoms with Crippen molar-refractivity contribution in [1.82, 2.24) is 15.1 Å². The average molecular weight is 258 g/mol. The predicted octanol–water partition coefficient (Wildman–Crippen LogP) is 1.59. The molecule has 0 aliphatic heterocycles. The largest absolute Gasteiger partial charge is 0.399 e. The van der Waals surface area contributed by atoms with E-state index in [1.165, 1.54) is 0 Å². The van der Waals surface area contributed by atoms with Crippen LogP contribution in [0.1, 0.15) is 22.3 Å². The van der Waals surface area contributed by atoms with Crippen LogP contribution in [0.5, 0.6) is 0 Å². The van der Waals surface area contributed by atoms with Crippen LogP contribution in [0.4, 0.5) is 5.69 Å². The van der Waals surface area contributed by atoms with E-state index in [-0.39, 0.29) is 5.91 Å². The van der Waals surface area contributed by atoms with Gasteiger partial charge < -0.3 is 11.1 Å². The summed E-state index contributed by atoms with van der Waals surface area (Å²) in [4.78, 5) is 11.9. The van der Waals surface area contributed by atoms with E-state index >= 15 is 0 Å². The molecule has 1 aromatic carbocycles. The van der Waals surface area contributed by atoms with Crippen molar-refractivity contribution in [3.63, 3.8) is 0 Å². The van der Waals surface area contributed by atoms with E-state index in [1.807, 2.05) is 36.0 Å². The fourth-order valence-corrected chi connectivity index (χ4v) is 1.92. The zero-order chi connectivity index (χ0) is 13.7. The summed E-state index contributed by atoms with van der Waals surface area (Å²) in [5.41, 5.74) is 7.93. The molecule has 5 heteroatoms. The van der Waals surface area contributed by atoms with Crippen molar-refractivity contribution in [2.24, 2.45) is 0 Å². The van der Waals surface area contributed by atoms with Crippen molar-refractivity contribution < 1.29 is 4.79 Å². The highest BCUT2D eigenvalue weighted by Gasteiger charge is 2.06. The minimum absolute atomic E-state index is 0.0872. The number of hydrogen-bond donors (Lipinski definition) is 2. The summed E-state index contributed by atoms with van der Waals surface area (Å²) in [6.45, 7) is 3.33. The molecule has 2 aromatic rings. The van der Waals surface area contributed by atoms with Crippen molar-refractivity contribution in [2.45, 2.75) is 19.9 Å². The summed E-state index contributed by atoms with van der Waals surface area (Å²) >= 11 is 0. The fourth-order valence-electron chi connectivity index (χ4n) is 1.92. The van der Waals surface area contributed by atoms with E-state index in [2.05, 4.69) is 10.4 Å². The van der Waals surface area contributed by atoms with Crippen LogP contribution in [-0.2, 0) is 6.54 Å². The molecule has 0 atom stereocenters. The maximum absolute atomic E-state index is 11.9. The summed E-state index contributed by atoms with van der Waals surface area (Å²) in [6.07, 6.45) is 4.49. The van der Waals surface area contributed by atoms with E-state index in [9.17, 15) is 4.79 Å². The first kappa shape index (κ1) is 13.1. The highest BCUT2D eigenvalue weighted by Crippen LogP contribution is 2.10. The first-order valence-corrected chi connectivity index (χ1v) is 6.28. The molecule has 2 rings (SSSR count). The van der Waals surface area contributed by atoms with Gasteiger partial charge in [-0.2, -0.15) is 5.10 Å². The number of nitrogens with zero attached hydrogens (tertiary/aromatic N) is 2. The first-order chi connectivity index (χ1) is 9.15. The molecule has 0 unspecified atom stereocenters. The topological polar surface area (TPSA) is 72.9 Å². The number of aryl methyl sites for hydroxylation is 2. The van der Waals surface area contributed by atoms with Crippen LogP contribution < -0.4 is 11.1 Å². The molecular weight excluding hydrogens is 240 g/mol. The fraction of sp³-hybridized carbons (Fsp3) is 0.286. The van der Waals surface area contributed by atoms with Gasteiger partial charge in [0, 0.05) is 36.7 Å². The van der Waals surface area contributed by atoms with E-state index in [1.54, 1.807) is 12.3 Å². The zero-order valence-corrected chi connectivity index (χ0v) is 11.0. The van der Waals surface area contributed by atoms with Crippen LogP contribution in [0, 0.1) is 6.92 Å². The third kappa shape index (κ3) is 3.84. The van der Waals surface area contributed by atoms with Crippen LogP contribution in [0.3, 0.4) is 0 Å². The molecule has 1 amide bonds. The van der Waals surface area contributed by atoms with Crippen molar-refractivity contribution in [3.05, 3.63) is 47.8 Å². The van der Waals surface area contributed by atoms with Crippen LogP contribution >= 0.6 is 0 Å². The summed E-state index contributed by atoms with van der Waals surface area (Å²) < 4.78 is 1.84. The number of carbonyl (C=O) groups excluding carboxylic acids is 1. The summed E-state index contributed by atoms with van der Waals surface area (Å²) in [7, 11) is 0. The molecule has 0 bridgehead atoms. The van der Waals surface area contributed by atoms with E-state index in [0.717, 1.165) is 18.5 Å². The third-order valence-electron chi connectivity index (χ3n) is 2.77. The summed E-state index contributed by atoms with van der Waals surface area (Å²) in [5, 5.41) is 6.98. The number of aromatic nitrogens is 2. The van der Waals surface area contributed by atoms with Crippen LogP contribution in [0.25, 0.3) is 0 Å².